The SMILES string of the molecule is N#Cc1ccc(/C=N/NC(=O)c2cccc(Cl)c2)cc1. The summed E-state index contributed by atoms with van der Waals surface area (Å²) in [6.07, 6.45) is 1.50. The van der Waals surface area contributed by atoms with E-state index < -0.39 is 0 Å². The number of nitrogens with one attached hydrogen (secondary N) is 1. The second-order valence-corrected chi connectivity index (χ2v) is 4.38. The number of nitriles is 1. The summed E-state index contributed by atoms with van der Waals surface area (Å²) >= 11 is 5.80. The Bertz CT molecular complexity index is 687. The van der Waals surface area contributed by atoms with Crippen LogP contribution in [0.15, 0.2) is 53.6 Å². The molecule has 20 heavy (non-hydrogen) atoms. The van der Waals surface area contributed by atoms with E-state index in [1.807, 2.05) is 6.07 Å². The van der Waals surface area contributed by atoms with Crippen LogP contribution in [-0.2, 0) is 0 Å². The molecule has 0 radical (unpaired) electrons. The highest BCUT2D eigenvalue weighted by Crippen LogP contribution is 2.10. The van der Waals surface area contributed by atoms with Crippen LogP contribution < -0.4 is 5.43 Å². The summed E-state index contributed by atoms with van der Waals surface area (Å²) < 4.78 is 0. The molecule has 2 aromatic carbocycles. The lowest BCUT2D eigenvalue weighted by atomic mass is 10.2. The first-order valence-electron chi connectivity index (χ1n) is 5.78. The first-order chi connectivity index (χ1) is 9.69. The molecular weight excluding hydrogens is 274 g/mol. The third-order valence-electron chi connectivity index (χ3n) is 2.51. The number of hydrazone groups is 1. The highest BCUT2D eigenvalue weighted by molar-refractivity contribution is 6.30. The van der Waals surface area contributed by atoms with Gasteiger partial charge in [0.15, 0.2) is 0 Å². The van der Waals surface area contributed by atoms with Crippen molar-refractivity contribution in [1.29, 1.82) is 5.26 Å². The Kier molecular flexibility index (Phi) is 4.48. The molecule has 1 amide bonds. The van der Waals surface area contributed by atoms with Gasteiger partial charge >= 0.3 is 0 Å². The summed E-state index contributed by atoms with van der Waals surface area (Å²) in [4.78, 5) is 11.8. The topological polar surface area (TPSA) is 65.2 Å². The number of carbonyl (C=O) groups excluding carboxylic acids is 1. The average Bonchev–Trinajstić information content (AvgIpc) is 2.48. The second-order valence-electron chi connectivity index (χ2n) is 3.94. The van der Waals surface area contributed by atoms with Crippen molar-refractivity contribution in [1.82, 2.24) is 5.43 Å². The van der Waals surface area contributed by atoms with E-state index in [1.54, 1.807) is 48.5 Å². The maximum Gasteiger partial charge on any atom is 0.271 e. The zero-order valence-electron chi connectivity index (χ0n) is 10.4. The number of hydrogen-bond donors (Lipinski definition) is 1. The van der Waals surface area contributed by atoms with Crippen LogP contribution in [0.25, 0.3) is 0 Å². The smallest absolute Gasteiger partial charge is 0.267 e. The molecule has 0 saturated heterocycles. The van der Waals surface area contributed by atoms with Gasteiger partial charge in [-0.1, -0.05) is 29.8 Å². The molecule has 2 rings (SSSR count). The van der Waals surface area contributed by atoms with E-state index in [9.17, 15) is 4.79 Å². The first kappa shape index (κ1) is 13.8. The predicted octanol–water partition coefficient (Wildman–Crippen LogP) is 2.98. The Morgan fingerprint density at radius 2 is 2.00 bits per heavy atom. The van der Waals surface area contributed by atoms with Gasteiger partial charge in [0.05, 0.1) is 17.8 Å². The van der Waals surface area contributed by atoms with Crippen LogP contribution in [0.3, 0.4) is 0 Å². The Morgan fingerprint density at radius 3 is 2.65 bits per heavy atom. The largest absolute Gasteiger partial charge is 0.271 e. The van der Waals surface area contributed by atoms with Crippen LogP contribution >= 0.6 is 11.6 Å². The lowest BCUT2D eigenvalue weighted by molar-refractivity contribution is 0.0955. The van der Waals surface area contributed by atoms with Crippen LogP contribution in [0.4, 0.5) is 0 Å². The fourth-order valence-electron chi connectivity index (χ4n) is 1.50. The van der Waals surface area contributed by atoms with Crippen molar-refractivity contribution in [3.8, 4) is 6.07 Å². The summed E-state index contributed by atoms with van der Waals surface area (Å²) in [5.74, 6) is -0.336. The Labute approximate surface area is 121 Å². The van der Waals surface area contributed by atoms with Crippen LogP contribution in [-0.4, -0.2) is 12.1 Å². The lowest BCUT2D eigenvalue weighted by Gasteiger charge is -2.00. The highest BCUT2D eigenvalue weighted by atomic mass is 35.5. The maximum absolute atomic E-state index is 11.8. The van der Waals surface area contributed by atoms with Crippen molar-refractivity contribution in [3.63, 3.8) is 0 Å². The molecule has 0 aromatic heterocycles. The molecule has 0 bridgehead atoms. The quantitative estimate of drug-likeness (QED) is 0.695. The van der Waals surface area contributed by atoms with Crippen molar-refractivity contribution in [2.45, 2.75) is 0 Å². The van der Waals surface area contributed by atoms with E-state index in [0.717, 1.165) is 5.56 Å². The van der Waals surface area contributed by atoms with Crippen molar-refractivity contribution < 1.29 is 4.79 Å². The third kappa shape index (κ3) is 3.67. The molecule has 2 aromatic rings. The summed E-state index contributed by atoms with van der Waals surface area (Å²) in [6, 6.07) is 15.5. The van der Waals surface area contributed by atoms with Crippen molar-refractivity contribution in [2.75, 3.05) is 0 Å². The monoisotopic (exact) mass is 283 g/mol. The molecule has 0 saturated carbocycles. The van der Waals surface area contributed by atoms with E-state index in [-0.39, 0.29) is 5.91 Å². The third-order valence-corrected chi connectivity index (χ3v) is 2.74. The van der Waals surface area contributed by atoms with Crippen molar-refractivity contribution in [3.05, 3.63) is 70.2 Å². The Balaban J connectivity index is 1.99. The van der Waals surface area contributed by atoms with Crippen LogP contribution in [0.2, 0.25) is 5.02 Å². The number of hydrogen-bond acceptors (Lipinski definition) is 3. The molecule has 0 aliphatic heterocycles. The van der Waals surface area contributed by atoms with E-state index >= 15 is 0 Å². The van der Waals surface area contributed by atoms with Crippen LogP contribution in [0, 0.1) is 11.3 Å². The first-order valence-corrected chi connectivity index (χ1v) is 6.16. The molecule has 5 heteroatoms. The van der Waals surface area contributed by atoms with Gasteiger partial charge in [-0.2, -0.15) is 10.4 Å². The Morgan fingerprint density at radius 1 is 1.25 bits per heavy atom. The van der Waals surface area contributed by atoms with Gasteiger partial charge in [-0.25, -0.2) is 5.43 Å². The molecule has 0 aliphatic rings. The number of carbonyl (C=O) groups is 1. The standard InChI is InChI=1S/C15H10ClN3O/c16-14-3-1-2-13(8-14)15(20)19-18-10-12-6-4-11(9-17)5-7-12/h1-8,10H,(H,19,20)/b18-10+. The summed E-state index contributed by atoms with van der Waals surface area (Å²) in [5.41, 5.74) is 4.21. The van der Waals surface area contributed by atoms with Crippen molar-refractivity contribution in [2.24, 2.45) is 5.10 Å². The molecule has 4 nitrogen and oxygen atoms in total. The molecule has 0 unspecified atom stereocenters. The number of halogens is 1. The van der Waals surface area contributed by atoms with E-state index in [2.05, 4.69) is 10.5 Å². The average molecular weight is 284 g/mol. The molecule has 0 heterocycles. The highest BCUT2D eigenvalue weighted by Gasteiger charge is 2.03. The van der Waals surface area contributed by atoms with Gasteiger partial charge in [0, 0.05) is 10.6 Å². The molecule has 0 spiro atoms. The second kappa shape index (κ2) is 6.50. The molecule has 1 N–H and O–H groups in total. The van der Waals surface area contributed by atoms with Gasteiger partial charge in [-0.05, 0) is 35.9 Å². The molecule has 98 valence electrons. The van der Waals surface area contributed by atoms with Gasteiger partial charge in [-0.3, -0.25) is 4.79 Å². The Hall–Kier alpha value is -2.64. The number of rotatable bonds is 3. The summed E-state index contributed by atoms with van der Waals surface area (Å²) in [6.45, 7) is 0. The zero-order chi connectivity index (χ0) is 14.4. The van der Waals surface area contributed by atoms with Gasteiger partial charge in [-0.15, -0.1) is 0 Å². The molecule has 0 fully saturated rings. The molecule has 0 atom stereocenters. The van der Waals surface area contributed by atoms with Gasteiger partial charge < -0.3 is 0 Å². The van der Waals surface area contributed by atoms with Gasteiger partial charge in [0.25, 0.3) is 5.91 Å². The minimum absolute atomic E-state index is 0.336. The van der Waals surface area contributed by atoms with E-state index in [4.69, 9.17) is 16.9 Å². The van der Waals surface area contributed by atoms with Crippen molar-refractivity contribution >= 4 is 23.7 Å². The minimum Gasteiger partial charge on any atom is -0.267 e. The fraction of sp³-hybridized carbons (Fsp3) is 0. The number of amides is 1. The summed E-state index contributed by atoms with van der Waals surface area (Å²) in [7, 11) is 0. The van der Waals surface area contributed by atoms with Crippen LogP contribution in [0.5, 0.6) is 0 Å². The van der Waals surface area contributed by atoms with E-state index in [0.29, 0.717) is 16.1 Å². The molecule has 0 aliphatic carbocycles. The molecular formula is C15H10ClN3O. The summed E-state index contributed by atoms with van der Waals surface area (Å²) in [5, 5.41) is 13.0. The predicted molar refractivity (Wildman–Crippen MR) is 77.7 cm³/mol. The zero-order valence-corrected chi connectivity index (χ0v) is 11.1. The minimum atomic E-state index is -0.336. The number of benzene rings is 2. The van der Waals surface area contributed by atoms with Gasteiger partial charge in [0.2, 0.25) is 0 Å². The van der Waals surface area contributed by atoms with Crippen LogP contribution in [0.1, 0.15) is 21.5 Å². The fourth-order valence-corrected chi connectivity index (χ4v) is 1.69. The van der Waals surface area contributed by atoms with Gasteiger partial charge in [0.1, 0.15) is 0 Å². The normalized spacial score (nSPS) is 10.2. The maximum atomic E-state index is 11.8. The van der Waals surface area contributed by atoms with E-state index in [1.165, 1.54) is 6.21 Å². The number of nitrogens with zero attached hydrogens (tertiary/aromatic N) is 2. The lowest BCUT2D eigenvalue weighted by Crippen LogP contribution is -2.17.